The van der Waals surface area contributed by atoms with Gasteiger partial charge < -0.3 is 20.8 Å². The summed E-state index contributed by atoms with van der Waals surface area (Å²) in [6, 6.07) is 9.77. The maximum absolute atomic E-state index is 12.1. The van der Waals surface area contributed by atoms with Gasteiger partial charge in [0, 0.05) is 23.4 Å². The van der Waals surface area contributed by atoms with Crippen LogP contribution in [0.15, 0.2) is 42.5 Å². The van der Waals surface area contributed by atoms with Gasteiger partial charge in [-0.05, 0) is 36.4 Å². The smallest absolute Gasteiger partial charge is 0.335 e. The molecular formula is C17H15N2O5-. The molecule has 0 spiro atoms. The van der Waals surface area contributed by atoms with Crippen LogP contribution in [0, 0.1) is 0 Å². The van der Waals surface area contributed by atoms with E-state index in [1.165, 1.54) is 18.2 Å². The zero-order chi connectivity index (χ0) is 17.7. The lowest BCUT2D eigenvalue weighted by molar-refractivity contribution is -0.268. The minimum absolute atomic E-state index is 0.133. The van der Waals surface area contributed by atoms with E-state index in [-0.39, 0.29) is 11.6 Å². The molecule has 0 heterocycles. The molecule has 0 saturated carbocycles. The van der Waals surface area contributed by atoms with Crippen LogP contribution in [0.5, 0.6) is 5.75 Å². The number of benzene rings is 2. The summed E-state index contributed by atoms with van der Waals surface area (Å²) in [5.41, 5.74) is 0.695. The first-order valence-electron chi connectivity index (χ1n) is 7.16. The van der Waals surface area contributed by atoms with Crippen molar-refractivity contribution in [3.05, 3.63) is 53.6 Å². The molecule has 0 aliphatic carbocycles. The summed E-state index contributed by atoms with van der Waals surface area (Å²) in [5.74, 6) is -2.58. The molecule has 7 nitrogen and oxygen atoms in total. The molecule has 2 aromatic rings. The molecule has 0 saturated heterocycles. The summed E-state index contributed by atoms with van der Waals surface area (Å²) in [4.78, 5) is 34.4. The molecule has 124 valence electrons. The molecule has 0 aliphatic rings. The average molecular weight is 327 g/mol. The number of hydrogen-bond acceptors (Lipinski definition) is 4. The molecule has 0 atom stereocenters. The van der Waals surface area contributed by atoms with Crippen molar-refractivity contribution in [2.24, 2.45) is 0 Å². The molecular weight excluding hydrogens is 312 g/mol. The molecule has 0 bridgehead atoms. The molecule has 0 aliphatic heterocycles. The second-order valence-corrected chi connectivity index (χ2v) is 4.95. The third kappa shape index (κ3) is 4.10. The van der Waals surface area contributed by atoms with Crippen molar-refractivity contribution in [1.29, 1.82) is 0 Å². The summed E-state index contributed by atoms with van der Waals surface area (Å²) in [6.45, 7) is 1.73. The zero-order valence-corrected chi connectivity index (χ0v) is 12.8. The summed E-state index contributed by atoms with van der Waals surface area (Å²) in [6.07, 6.45) is 0.351. The number of carbonyl (C=O) groups is 3. The lowest BCUT2D eigenvalue weighted by Gasteiger charge is -2.12. The highest BCUT2D eigenvalue weighted by atomic mass is 16.4. The van der Waals surface area contributed by atoms with Crippen LogP contribution in [-0.2, 0) is 4.79 Å². The molecule has 2 aromatic carbocycles. The van der Waals surface area contributed by atoms with E-state index in [1.807, 2.05) is 0 Å². The van der Waals surface area contributed by atoms with Gasteiger partial charge in [-0.15, -0.1) is 0 Å². The van der Waals surface area contributed by atoms with E-state index in [4.69, 9.17) is 5.11 Å². The highest BCUT2D eigenvalue weighted by Crippen LogP contribution is 2.20. The van der Waals surface area contributed by atoms with Gasteiger partial charge in [-0.3, -0.25) is 9.59 Å². The lowest BCUT2D eigenvalue weighted by atomic mass is 10.1. The quantitative estimate of drug-likeness (QED) is 0.776. The van der Waals surface area contributed by atoms with Crippen molar-refractivity contribution >= 4 is 29.2 Å². The first kappa shape index (κ1) is 17.0. The Morgan fingerprint density at radius 3 is 2.21 bits per heavy atom. The molecule has 0 radical (unpaired) electrons. The molecule has 0 unspecified atom stereocenters. The second-order valence-electron chi connectivity index (χ2n) is 4.95. The predicted molar refractivity (Wildman–Crippen MR) is 86.2 cm³/mol. The van der Waals surface area contributed by atoms with Gasteiger partial charge in [0.1, 0.15) is 0 Å². The lowest BCUT2D eigenvalue weighted by Crippen LogP contribution is -2.14. The van der Waals surface area contributed by atoms with E-state index in [2.05, 4.69) is 10.6 Å². The minimum Gasteiger partial charge on any atom is -0.872 e. The number of carbonyl (C=O) groups excluding carboxylic acids is 2. The predicted octanol–water partition coefficient (Wildman–Crippen LogP) is 2.06. The van der Waals surface area contributed by atoms with Crippen LogP contribution in [0.2, 0.25) is 0 Å². The Balaban J connectivity index is 2.11. The highest BCUT2D eigenvalue weighted by Gasteiger charge is 2.09. The van der Waals surface area contributed by atoms with Crippen molar-refractivity contribution in [3.8, 4) is 5.75 Å². The van der Waals surface area contributed by atoms with Gasteiger partial charge in [-0.2, -0.15) is 0 Å². The van der Waals surface area contributed by atoms with Crippen molar-refractivity contribution in [2.45, 2.75) is 13.3 Å². The fourth-order valence-corrected chi connectivity index (χ4v) is 1.93. The second kappa shape index (κ2) is 7.28. The van der Waals surface area contributed by atoms with E-state index < -0.39 is 23.2 Å². The molecule has 2 rings (SSSR count). The Hall–Kier alpha value is -3.35. The van der Waals surface area contributed by atoms with Crippen LogP contribution in [0.3, 0.4) is 0 Å². The first-order chi connectivity index (χ1) is 11.4. The van der Waals surface area contributed by atoms with Gasteiger partial charge in [0.05, 0.1) is 5.56 Å². The maximum atomic E-state index is 12.1. The summed E-state index contributed by atoms with van der Waals surface area (Å²) >= 11 is 0. The van der Waals surface area contributed by atoms with Crippen LogP contribution in [0.1, 0.15) is 34.1 Å². The molecule has 7 heteroatoms. The first-order valence-corrected chi connectivity index (χ1v) is 7.16. The van der Waals surface area contributed by atoms with Gasteiger partial charge in [0.15, 0.2) is 0 Å². The number of nitrogens with one attached hydrogen (secondary N) is 2. The Morgan fingerprint density at radius 2 is 1.62 bits per heavy atom. The Morgan fingerprint density at radius 1 is 1.00 bits per heavy atom. The van der Waals surface area contributed by atoms with Crippen LogP contribution in [0.4, 0.5) is 11.4 Å². The van der Waals surface area contributed by atoms with Crippen molar-refractivity contribution in [2.75, 3.05) is 10.6 Å². The molecule has 24 heavy (non-hydrogen) atoms. The van der Waals surface area contributed by atoms with E-state index >= 15 is 0 Å². The van der Waals surface area contributed by atoms with Crippen molar-refractivity contribution < 1.29 is 24.6 Å². The van der Waals surface area contributed by atoms with Crippen LogP contribution in [0.25, 0.3) is 0 Å². The third-order valence-electron chi connectivity index (χ3n) is 3.22. The van der Waals surface area contributed by atoms with E-state index in [0.717, 1.165) is 12.1 Å². The molecule has 0 aromatic heterocycles. The van der Waals surface area contributed by atoms with Crippen LogP contribution in [-0.4, -0.2) is 22.9 Å². The maximum Gasteiger partial charge on any atom is 0.335 e. The largest absolute Gasteiger partial charge is 0.872 e. The Labute approximate surface area is 137 Å². The number of amides is 2. The normalized spacial score (nSPS) is 10.0. The summed E-state index contributed by atoms with van der Waals surface area (Å²) in [7, 11) is 0. The topological polar surface area (TPSA) is 119 Å². The SMILES string of the molecule is CCC(=O)Nc1ccc(C(=O)Nc2ccc([O-])c(C(=O)O)c2)cc1. The van der Waals surface area contributed by atoms with Gasteiger partial charge in [0.25, 0.3) is 5.91 Å². The number of carboxylic acid groups (broad SMARTS) is 1. The number of aromatic carboxylic acids is 1. The zero-order valence-electron chi connectivity index (χ0n) is 12.8. The summed E-state index contributed by atoms with van der Waals surface area (Å²) < 4.78 is 0. The van der Waals surface area contributed by atoms with Gasteiger partial charge in [0.2, 0.25) is 5.91 Å². The number of anilines is 2. The summed E-state index contributed by atoms with van der Waals surface area (Å²) in [5, 5.41) is 25.5. The van der Waals surface area contributed by atoms with Crippen LogP contribution < -0.4 is 15.7 Å². The van der Waals surface area contributed by atoms with E-state index in [0.29, 0.717) is 17.7 Å². The highest BCUT2D eigenvalue weighted by molar-refractivity contribution is 6.05. The van der Waals surface area contributed by atoms with Gasteiger partial charge in [-0.25, -0.2) is 4.79 Å². The van der Waals surface area contributed by atoms with Crippen LogP contribution >= 0.6 is 0 Å². The number of hydrogen-bond donors (Lipinski definition) is 3. The average Bonchev–Trinajstić information content (AvgIpc) is 2.56. The standard InChI is InChI=1S/C17H16N2O5/c1-2-15(21)18-11-5-3-10(4-6-11)16(22)19-12-7-8-14(20)13(9-12)17(23)24/h3-9,20H,2H2,1H3,(H,18,21)(H,19,22)(H,23,24)/p-1. The van der Waals surface area contributed by atoms with E-state index in [1.54, 1.807) is 19.1 Å². The fourth-order valence-electron chi connectivity index (χ4n) is 1.93. The fraction of sp³-hybridized carbons (Fsp3) is 0.118. The van der Waals surface area contributed by atoms with Gasteiger partial charge in [-0.1, -0.05) is 18.7 Å². The monoisotopic (exact) mass is 327 g/mol. The Bertz CT molecular complexity index is 784. The number of rotatable bonds is 5. The Kier molecular flexibility index (Phi) is 5.16. The van der Waals surface area contributed by atoms with Gasteiger partial charge >= 0.3 is 5.97 Å². The van der Waals surface area contributed by atoms with Crippen molar-refractivity contribution in [3.63, 3.8) is 0 Å². The van der Waals surface area contributed by atoms with Crippen molar-refractivity contribution in [1.82, 2.24) is 0 Å². The molecule has 3 N–H and O–H groups in total. The van der Waals surface area contributed by atoms with E-state index in [9.17, 15) is 19.5 Å². The molecule has 0 fully saturated rings. The third-order valence-corrected chi connectivity index (χ3v) is 3.22. The number of carboxylic acids is 1. The minimum atomic E-state index is -1.35. The molecule has 2 amide bonds.